The second kappa shape index (κ2) is 13.5. The maximum atomic E-state index is 2.50. The summed E-state index contributed by atoms with van der Waals surface area (Å²) in [7, 11) is 0. The third-order valence-electron chi connectivity index (χ3n) is 13.7. The zero-order chi connectivity index (χ0) is 40.7. The highest BCUT2D eigenvalue weighted by molar-refractivity contribution is 6.09. The first kappa shape index (κ1) is 35.5. The van der Waals surface area contributed by atoms with Gasteiger partial charge in [-0.05, 0) is 137 Å². The summed E-state index contributed by atoms with van der Waals surface area (Å²) in [6, 6.07) is 83.4. The predicted molar refractivity (Wildman–Crippen MR) is 256 cm³/mol. The van der Waals surface area contributed by atoms with Gasteiger partial charge >= 0.3 is 0 Å². The molecular formula is C60H43N. The molecular weight excluding hydrogens is 735 g/mol. The molecule has 0 aromatic heterocycles. The van der Waals surface area contributed by atoms with Gasteiger partial charge in [-0.2, -0.15) is 0 Å². The minimum Gasteiger partial charge on any atom is -0.310 e. The molecule has 10 aromatic rings. The fourth-order valence-electron chi connectivity index (χ4n) is 10.9. The Morgan fingerprint density at radius 3 is 1.44 bits per heavy atom. The number of para-hydroxylation sites is 1. The van der Waals surface area contributed by atoms with Crippen molar-refractivity contribution in [3.63, 3.8) is 0 Å². The first-order valence-electron chi connectivity index (χ1n) is 21.4. The van der Waals surface area contributed by atoms with Gasteiger partial charge in [0.05, 0.1) is 5.41 Å². The Hall–Kier alpha value is -7.48. The molecule has 0 radical (unpaired) electrons. The quantitative estimate of drug-likeness (QED) is 0.157. The standard InChI is InChI=1S/C60H43N/c1-59(2)54-21-11-13-23-56(54)60(57-24-14-12-22-55(57)59)53-20-10-9-19-51(53)52-35-30-43(39-58(52)60)42-29-34-49-44(37-42)25-26-45-38-48(33-36-50(45)49)61(46-17-7-4-8-18-46)47-31-27-41(28-32-47)40-15-5-3-6-16-40/h3-39H,1-2H3. The number of nitrogens with zero attached hydrogens (tertiary/aromatic N) is 1. The number of rotatable bonds is 5. The van der Waals surface area contributed by atoms with E-state index in [1.165, 1.54) is 88.3 Å². The SMILES string of the molecule is CC1(C)c2ccccc2C2(c3ccccc3-c3ccc(-c4ccc5c(ccc6cc(N(c7ccccc7)c7ccc(-c8ccccc8)cc7)ccc65)c4)cc32)c2ccccc21. The van der Waals surface area contributed by atoms with E-state index in [9.17, 15) is 0 Å². The summed E-state index contributed by atoms with van der Waals surface area (Å²) < 4.78 is 0. The highest BCUT2D eigenvalue weighted by Gasteiger charge is 2.53. The summed E-state index contributed by atoms with van der Waals surface area (Å²) in [4.78, 5) is 2.35. The van der Waals surface area contributed by atoms with Gasteiger partial charge < -0.3 is 4.90 Å². The van der Waals surface area contributed by atoms with E-state index in [0.29, 0.717) is 0 Å². The molecule has 2 aliphatic carbocycles. The van der Waals surface area contributed by atoms with E-state index in [2.05, 4.69) is 243 Å². The summed E-state index contributed by atoms with van der Waals surface area (Å²) in [6.07, 6.45) is 0. The highest BCUT2D eigenvalue weighted by atomic mass is 15.1. The van der Waals surface area contributed by atoms with Gasteiger partial charge in [0.2, 0.25) is 0 Å². The minimum atomic E-state index is -0.410. The van der Waals surface area contributed by atoms with Crippen molar-refractivity contribution < 1.29 is 0 Å². The van der Waals surface area contributed by atoms with Crippen molar-refractivity contribution in [2.75, 3.05) is 4.90 Å². The number of benzene rings is 10. The van der Waals surface area contributed by atoms with Crippen molar-refractivity contribution in [1.29, 1.82) is 0 Å². The molecule has 0 saturated heterocycles. The van der Waals surface area contributed by atoms with Crippen LogP contribution in [0.25, 0.3) is 54.9 Å². The van der Waals surface area contributed by atoms with Crippen molar-refractivity contribution in [3.05, 3.63) is 258 Å². The van der Waals surface area contributed by atoms with Crippen LogP contribution in [0.2, 0.25) is 0 Å². The highest BCUT2D eigenvalue weighted by Crippen LogP contribution is 2.62. The zero-order valence-electron chi connectivity index (χ0n) is 34.3. The lowest BCUT2D eigenvalue weighted by molar-refractivity contribution is 0.563. The normalized spacial score (nSPS) is 14.0. The first-order valence-corrected chi connectivity index (χ1v) is 21.4. The number of anilines is 3. The van der Waals surface area contributed by atoms with E-state index in [1.54, 1.807) is 0 Å². The van der Waals surface area contributed by atoms with Crippen LogP contribution in [-0.2, 0) is 10.8 Å². The van der Waals surface area contributed by atoms with Crippen molar-refractivity contribution in [2.45, 2.75) is 24.7 Å². The first-order chi connectivity index (χ1) is 30.0. The molecule has 0 saturated carbocycles. The van der Waals surface area contributed by atoms with Crippen molar-refractivity contribution in [1.82, 2.24) is 0 Å². The molecule has 0 atom stereocenters. The summed E-state index contributed by atoms with van der Waals surface area (Å²) in [5.74, 6) is 0. The van der Waals surface area contributed by atoms with Crippen LogP contribution in [0.15, 0.2) is 224 Å². The van der Waals surface area contributed by atoms with Crippen LogP contribution in [-0.4, -0.2) is 0 Å². The lowest BCUT2D eigenvalue weighted by atomic mass is 9.55. The molecule has 1 heteroatoms. The van der Waals surface area contributed by atoms with Crippen LogP contribution in [0.5, 0.6) is 0 Å². The predicted octanol–water partition coefficient (Wildman–Crippen LogP) is 15.8. The Morgan fingerprint density at radius 1 is 0.295 bits per heavy atom. The molecule has 1 nitrogen and oxygen atoms in total. The Bertz CT molecular complexity index is 3270. The third-order valence-corrected chi connectivity index (χ3v) is 13.7. The third kappa shape index (κ3) is 5.27. The Morgan fingerprint density at radius 2 is 0.754 bits per heavy atom. The van der Waals surface area contributed by atoms with Crippen molar-refractivity contribution in [2.24, 2.45) is 0 Å². The summed E-state index contributed by atoms with van der Waals surface area (Å²) in [5, 5.41) is 4.97. The monoisotopic (exact) mass is 777 g/mol. The Labute approximate surface area is 357 Å². The molecule has 61 heavy (non-hydrogen) atoms. The average molecular weight is 778 g/mol. The second-order valence-corrected chi connectivity index (χ2v) is 17.3. The molecule has 0 amide bonds. The fourth-order valence-corrected chi connectivity index (χ4v) is 10.9. The van der Waals surface area contributed by atoms with Crippen LogP contribution < -0.4 is 4.90 Å². The van der Waals surface area contributed by atoms with E-state index < -0.39 is 5.41 Å². The van der Waals surface area contributed by atoms with E-state index in [4.69, 9.17) is 0 Å². The second-order valence-electron chi connectivity index (χ2n) is 17.3. The van der Waals surface area contributed by atoms with E-state index >= 15 is 0 Å². The average Bonchev–Trinajstić information content (AvgIpc) is 3.62. The lowest BCUT2D eigenvalue weighted by Crippen LogP contribution is -2.40. The van der Waals surface area contributed by atoms with Gasteiger partial charge in [-0.25, -0.2) is 0 Å². The molecule has 0 bridgehead atoms. The molecule has 0 aliphatic heterocycles. The molecule has 0 fully saturated rings. The molecule has 12 rings (SSSR count). The van der Waals surface area contributed by atoms with Gasteiger partial charge in [0.15, 0.2) is 0 Å². The van der Waals surface area contributed by atoms with Crippen LogP contribution in [0.3, 0.4) is 0 Å². The van der Waals surface area contributed by atoms with Gasteiger partial charge in [0, 0.05) is 22.5 Å². The largest absolute Gasteiger partial charge is 0.310 e. The molecule has 0 N–H and O–H groups in total. The molecule has 0 unspecified atom stereocenters. The van der Waals surface area contributed by atoms with Gasteiger partial charge in [0.1, 0.15) is 0 Å². The zero-order valence-corrected chi connectivity index (χ0v) is 34.3. The fraction of sp³-hybridized carbons (Fsp3) is 0.0667. The lowest BCUT2D eigenvalue weighted by Gasteiger charge is -2.46. The maximum Gasteiger partial charge on any atom is 0.0719 e. The van der Waals surface area contributed by atoms with Crippen LogP contribution >= 0.6 is 0 Å². The summed E-state index contributed by atoms with van der Waals surface area (Å²) in [6.45, 7) is 4.78. The summed E-state index contributed by atoms with van der Waals surface area (Å²) in [5.41, 5.74) is 18.7. The van der Waals surface area contributed by atoms with Gasteiger partial charge in [-0.3, -0.25) is 0 Å². The van der Waals surface area contributed by atoms with E-state index in [-0.39, 0.29) is 5.41 Å². The molecule has 288 valence electrons. The van der Waals surface area contributed by atoms with Gasteiger partial charge in [-0.1, -0.05) is 190 Å². The smallest absolute Gasteiger partial charge is 0.0719 e. The van der Waals surface area contributed by atoms with E-state index in [0.717, 1.165) is 17.1 Å². The van der Waals surface area contributed by atoms with E-state index in [1.807, 2.05) is 0 Å². The van der Waals surface area contributed by atoms with Crippen LogP contribution in [0.1, 0.15) is 47.2 Å². The minimum absolute atomic E-state index is 0.121. The number of fused-ring (bicyclic) bond motifs is 12. The van der Waals surface area contributed by atoms with Crippen molar-refractivity contribution in [3.8, 4) is 33.4 Å². The summed E-state index contributed by atoms with van der Waals surface area (Å²) >= 11 is 0. The van der Waals surface area contributed by atoms with Gasteiger partial charge in [-0.15, -0.1) is 0 Å². The maximum absolute atomic E-state index is 2.50. The van der Waals surface area contributed by atoms with Gasteiger partial charge in [0.25, 0.3) is 0 Å². The van der Waals surface area contributed by atoms with Crippen molar-refractivity contribution >= 4 is 38.6 Å². The van der Waals surface area contributed by atoms with Crippen LogP contribution in [0, 0.1) is 0 Å². The molecule has 10 aromatic carbocycles. The number of hydrogen-bond acceptors (Lipinski definition) is 1. The molecule has 0 heterocycles. The number of hydrogen-bond donors (Lipinski definition) is 0. The topological polar surface area (TPSA) is 3.24 Å². The molecule has 1 spiro atoms. The molecule has 2 aliphatic rings. The van der Waals surface area contributed by atoms with Crippen LogP contribution in [0.4, 0.5) is 17.1 Å². The Kier molecular flexibility index (Phi) is 7.86. The Balaban J connectivity index is 0.963.